The zero-order valence-corrected chi connectivity index (χ0v) is 10.9. The van der Waals surface area contributed by atoms with E-state index in [2.05, 4.69) is 6.07 Å². The number of aliphatic carboxylic acids is 1. The van der Waals surface area contributed by atoms with Crippen LogP contribution in [0.5, 0.6) is 0 Å². The number of nitriles is 1. The number of carboxylic acid groups (broad SMARTS) is 1. The van der Waals surface area contributed by atoms with Crippen molar-refractivity contribution in [2.45, 2.75) is 13.0 Å². The smallest absolute Gasteiger partial charge is 0.327 e. The van der Waals surface area contributed by atoms with Crippen molar-refractivity contribution in [1.82, 2.24) is 0 Å². The van der Waals surface area contributed by atoms with Crippen LogP contribution >= 0.6 is 11.8 Å². The molecule has 4 nitrogen and oxygen atoms in total. The van der Waals surface area contributed by atoms with Gasteiger partial charge in [0.05, 0.1) is 11.6 Å². The Morgan fingerprint density at radius 2 is 2.39 bits per heavy atom. The Morgan fingerprint density at radius 1 is 1.61 bits per heavy atom. The minimum absolute atomic E-state index is 0.476. The van der Waals surface area contributed by atoms with Crippen molar-refractivity contribution in [3.63, 3.8) is 0 Å². The molecule has 1 N–H and O–H groups in total. The van der Waals surface area contributed by atoms with Gasteiger partial charge in [-0.25, -0.2) is 4.79 Å². The molecule has 1 aliphatic heterocycles. The minimum atomic E-state index is -0.788. The zero-order valence-electron chi connectivity index (χ0n) is 10.1. The van der Waals surface area contributed by atoms with E-state index in [4.69, 9.17) is 5.26 Å². The molecule has 94 valence electrons. The lowest BCUT2D eigenvalue weighted by atomic mass is 10.1. The van der Waals surface area contributed by atoms with Crippen LogP contribution in [-0.2, 0) is 4.79 Å². The molecular formula is C13H14N2O2S. The molecule has 1 unspecified atom stereocenters. The van der Waals surface area contributed by atoms with Crippen LogP contribution in [0.1, 0.15) is 11.1 Å². The van der Waals surface area contributed by atoms with Crippen LogP contribution in [0.4, 0.5) is 5.69 Å². The Kier molecular flexibility index (Phi) is 3.78. The summed E-state index contributed by atoms with van der Waals surface area (Å²) in [5.41, 5.74) is 2.41. The van der Waals surface area contributed by atoms with E-state index in [0.717, 1.165) is 23.5 Å². The maximum Gasteiger partial charge on any atom is 0.327 e. The summed E-state index contributed by atoms with van der Waals surface area (Å²) in [5.74, 6) is 0.751. The standard InChI is InChI=1S/C13H14N2O2S/c1-9-6-11(3-2-10(9)7-14)15-4-5-18-8-12(15)13(16)17/h2-3,6,12H,4-5,8H2,1H3,(H,16,17). The number of carboxylic acids is 1. The maximum absolute atomic E-state index is 11.2. The van der Waals surface area contributed by atoms with Gasteiger partial charge in [0.25, 0.3) is 0 Å². The lowest BCUT2D eigenvalue weighted by Crippen LogP contribution is -2.47. The van der Waals surface area contributed by atoms with Crippen molar-refractivity contribution in [3.05, 3.63) is 29.3 Å². The largest absolute Gasteiger partial charge is 0.480 e. The van der Waals surface area contributed by atoms with E-state index in [-0.39, 0.29) is 0 Å². The lowest BCUT2D eigenvalue weighted by molar-refractivity contribution is -0.138. The van der Waals surface area contributed by atoms with Crippen molar-refractivity contribution in [2.24, 2.45) is 0 Å². The summed E-state index contributed by atoms with van der Waals surface area (Å²) in [6, 6.07) is 7.12. The first-order chi connectivity index (χ1) is 8.63. The number of benzene rings is 1. The highest BCUT2D eigenvalue weighted by molar-refractivity contribution is 7.99. The number of anilines is 1. The van der Waals surface area contributed by atoms with Crippen LogP contribution in [0.25, 0.3) is 0 Å². The Labute approximate surface area is 110 Å². The number of carbonyl (C=O) groups is 1. The summed E-state index contributed by atoms with van der Waals surface area (Å²) < 4.78 is 0. The Balaban J connectivity index is 2.32. The molecule has 0 saturated carbocycles. The molecule has 0 bridgehead atoms. The molecule has 1 aromatic carbocycles. The second kappa shape index (κ2) is 5.32. The molecule has 0 spiro atoms. The molecule has 0 amide bonds. The Hall–Kier alpha value is -1.67. The molecule has 1 saturated heterocycles. The van der Waals surface area contributed by atoms with Gasteiger partial charge in [-0.1, -0.05) is 0 Å². The van der Waals surface area contributed by atoms with Crippen LogP contribution in [0.15, 0.2) is 18.2 Å². The first-order valence-corrected chi connectivity index (χ1v) is 6.87. The topological polar surface area (TPSA) is 64.3 Å². The summed E-state index contributed by atoms with van der Waals surface area (Å²) >= 11 is 1.67. The lowest BCUT2D eigenvalue weighted by Gasteiger charge is -2.34. The van der Waals surface area contributed by atoms with Gasteiger partial charge in [-0.05, 0) is 30.7 Å². The fraction of sp³-hybridized carbons (Fsp3) is 0.385. The molecule has 1 atom stereocenters. The van der Waals surface area contributed by atoms with Crippen molar-refractivity contribution in [1.29, 1.82) is 5.26 Å². The second-order valence-electron chi connectivity index (χ2n) is 4.23. The molecule has 2 rings (SSSR count). The minimum Gasteiger partial charge on any atom is -0.480 e. The molecule has 18 heavy (non-hydrogen) atoms. The molecule has 5 heteroatoms. The Bertz CT molecular complexity index is 510. The van der Waals surface area contributed by atoms with E-state index in [0.29, 0.717) is 11.3 Å². The molecule has 1 heterocycles. The number of hydrogen-bond donors (Lipinski definition) is 1. The summed E-state index contributed by atoms with van der Waals surface area (Å²) in [6.45, 7) is 2.60. The van der Waals surface area contributed by atoms with Crippen molar-refractivity contribution in [3.8, 4) is 6.07 Å². The van der Waals surface area contributed by atoms with Crippen LogP contribution in [0, 0.1) is 18.3 Å². The van der Waals surface area contributed by atoms with Gasteiger partial charge in [0.1, 0.15) is 6.04 Å². The number of rotatable bonds is 2. The van der Waals surface area contributed by atoms with Crippen LogP contribution in [-0.4, -0.2) is 35.2 Å². The number of thioether (sulfide) groups is 1. The van der Waals surface area contributed by atoms with Crippen molar-refractivity contribution >= 4 is 23.4 Å². The summed E-state index contributed by atoms with van der Waals surface area (Å²) in [7, 11) is 0. The molecule has 1 aliphatic rings. The fourth-order valence-electron chi connectivity index (χ4n) is 2.07. The van der Waals surface area contributed by atoms with E-state index in [1.165, 1.54) is 0 Å². The number of hydrogen-bond acceptors (Lipinski definition) is 4. The average molecular weight is 262 g/mol. The zero-order chi connectivity index (χ0) is 13.1. The van der Waals surface area contributed by atoms with Crippen LogP contribution < -0.4 is 4.90 Å². The highest BCUT2D eigenvalue weighted by atomic mass is 32.2. The van der Waals surface area contributed by atoms with Gasteiger partial charge in [-0.2, -0.15) is 17.0 Å². The predicted molar refractivity (Wildman–Crippen MR) is 72.0 cm³/mol. The SMILES string of the molecule is Cc1cc(N2CCSCC2C(=O)O)ccc1C#N. The van der Waals surface area contributed by atoms with Gasteiger partial charge in [-0.3, -0.25) is 0 Å². The van der Waals surface area contributed by atoms with Crippen molar-refractivity contribution in [2.75, 3.05) is 23.0 Å². The fourth-order valence-corrected chi connectivity index (χ4v) is 3.11. The quantitative estimate of drug-likeness (QED) is 0.881. The van der Waals surface area contributed by atoms with E-state index in [1.807, 2.05) is 24.0 Å². The summed E-state index contributed by atoms with van der Waals surface area (Å²) in [5, 5.41) is 18.1. The first kappa shape index (κ1) is 12.8. The van der Waals surface area contributed by atoms with E-state index < -0.39 is 12.0 Å². The summed E-state index contributed by atoms with van der Waals surface area (Å²) in [6.07, 6.45) is 0. The molecule has 0 radical (unpaired) electrons. The average Bonchev–Trinajstić information content (AvgIpc) is 2.38. The van der Waals surface area contributed by atoms with Crippen molar-refractivity contribution < 1.29 is 9.90 Å². The van der Waals surface area contributed by atoms with Gasteiger partial charge in [0.2, 0.25) is 0 Å². The Morgan fingerprint density at radius 3 is 3.00 bits per heavy atom. The van der Waals surface area contributed by atoms with E-state index >= 15 is 0 Å². The van der Waals surface area contributed by atoms with Gasteiger partial charge >= 0.3 is 5.97 Å². The van der Waals surface area contributed by atoms with Gasteiger partial charge in [0, 0.05) is 23.7 Å². The third-order valence-corrected chi connectivity index (χ3v) is 4.10. The molecular weight excluding hydrogens is 248 g/mol. The second-order valence-corrected chi connectivity index (χ2v) is 5.38. The number of aryl methyl sites for hydroxylation is 1. The molecule has 1 aromatic rings. The van der Waals surface area contributed by atoms with E-state index in [1.54, 1.807) is 17.8 Å². The van der Waals surface area contributed by atoms with Gasteiger partial charge in [-0.15, -0.1) is 0 Å². The van der Waals surface area contributed by atoms with Crippen LogP contribution in [0.2, 0.25) is 0 Å². The molecule has 0 aromatic heterocycles. The molecule has 1 fully saturated rings. The summed E-state index contributed by atoms with van der Waals surface area (Å²) in [4.78, 5) is 13.1. The first-order valence-electron chi connectivity index (χ1n) is 5.71. The molecule has 0 aliphatic carbocycles. The third kappa shape index (κ3) is 2.44. The maximum atomic E-state index is 11.2. The number of nitrogens with zero attached hydrogens (tertiary/aromatic N) is 2. The van der Waals surface area contributed by atoms with E-state index in [9.17, 15) is 9.90 Å². The van der Waals surface area contributed by atoms with Crippen LogP contribution in [0.3, 0.4) is 0 Å². The predicted octanol–water partition coefficient (Wildman–Crippen LogP) is 1.87. The van der Waals surface area contributed by atoms with Gasteiger partial charge in [0.15, 0.2) is 0 Å². The van der Waals surface area contributed by atoms with Gasteiger partial charge < -0.3 is 10.0 Å². The highest BCUT2D eigenvalue weighted by Gasteiger charge is 2.29. The third-order valence-electron chi connectivity index (χ3n) is 3.08. The normalized spacial score (nSPS) is 19.3. The monoisotopic (exact) mass is 262 g/mol. The highest BCUT2D eigenvalue weighted by Crippen LogP contribution is 2.26.